The molecule has 1 amide bonds. The molecule has 0 saturated carbocycles. The molecule has 32 heavy (non-hydrogen) atoms. The first-order valence-electron chi connectivity index (χ1n) is 11.2. The fourth-order valence-electron chi connectivity index (χ4n) is 4.05. The fourth-order valence-corrected chi connectivity index (χ4v) is 4.05. The Morgan fingerprint density at radius 1 is 0.969 bits per heavy atom. The van der Waals surface area contributed by atoms with Crippen LogP contribution in [-0.4, -0.2) is 51.7 Å². The quantitative estimate of drug-likeness (QED) is 0.620. The third-order valence-corrected chi connectivity index (χ3v) is 6.02. The van der Waals surface area contributed by atoms with Crippen molar-refractivity contribution >= 4 is 5.91 Å². The Balaban J connectivity index is 1.43. The van der Waals surface area contributed by atoms with Crippen LogP contribution in [0.2, 0.25) is 0 Å². The summed E-state index contributed by atoms with van der Waals surface area (Å²) in [4.78, 5) is 29.8. The third kappa shape index (κ3) is 4.81. The number of nitrogens with zero attached hydrogens (tertiary/aromatic N) is 4. The van der Waals surface area contributed by atoms with Gasteiger partial charge in [-0.15, -0.1) is 0 Å². The van der Waals surface area contributed by atoms with E-state index in [9.17, 15) is 9.59 Å². The summed E-state index contributed by atoms with van der Waals surface area (Å²) in [5.41, 5.74) is 3.80. The fraction of sp³-hybridized carbons (Fsp3) is 0.346. The van der Waals surface area contributed by atoms with Gasteiger partial charge in [0.1, 0.15) is 0 Å². The van der Waals surface area contributed by atoms with Crippen LogP contribution in [0.5, 0.6) is 0 Å². The molecule has 0 N–H and O–H groups in total. The van der Waals surface area contributed by atoms with Crippen LogP contribution >= 0.6 is 0 Å². The van der Waals surface area contributed by atoms with E-state index in [0.717, 1.165) is 25.3 Å². The second-order valence-electron chi connectivity index (χ2n) is 8.71. The second kappa shape index (κ2) is 9.49. The van der Waals surface area contributed by atoms with Crippen LogP contribution in [0.25, 0.3) is 5.69 Å². The van der Waals surface area contributed by atoms with Crippen molar-refractivity contribution in [3.8, 4) is 5.69 Å². The van der Waals surface area contributed by atoms with Crippen molar-refractivity contribution in [2.45, 2.75) is 33.2 Å². The SMILES string of the molecule is Cc1cc(=O)c(C(=O)N2CCN(Cc3ccc(C(C)C)cc3)CC2)nn1-c1ccccc1. The average Bonchev–Trinajstić information content (AvgIpc) is 2.80. The number of carbonyl (C=O) groups excluding carboxylic acids is 1. The molecule has 0 radical (unpaired) electrons. The molecule has 0 aliphatic carbocycles. The number of benzene rings is 2. The van der Waals surface area contributed by atoms with E-state index < -0.39 is 0 Å². The van der Waals surface area contributed by atoms with E-state index in [0.29, 0.717) is 24.7 Å². The van der Waals surface area contributed by atoms with Gasteiger partial charge in [-0.3, -0.25) is 14.5 Å². The van der Waals surface area contributed by atoms with Gasteiger partial charge in [0.2, 0.25) is 5.43 Å². The topological polar surface area (TPSA) is 58.4 Å². The minimum absolute atomic E-state index is 0.0165. The van der Waals surface area contributed by atoms with Crippen molar-refractivity contribution in [2.75, 3.05) is 26.2 Å². The van der Waals surface area contributed by atoms with Crippen LogP contribution in [0.3, 0.4) is 0 Å². The lowest BCUT2D eigenvalue weighted by atomic mass is 10.0. The average molecular weight is 431 g/mol. The van der Waals surface area contributed by atoms with E-state index in [4.69, 9.17) is 0 Å². The van der Waals surface area contributed by atoms with Gasteiger partial charge in [-0.2, -0.15) is 5.10 Å². The molecule has 0 unspecified atom stereocenters. The smallest absolute Gasteiger partial charge is 0.278 e. The predicted octanol–water partition coefficient (Wildman–Crippen LogP) is 3.62. The van der Waals surface area contributed by atoms with Crippen molar-refractivity contribution in [1.82, 2.24) is 19.6 Å². The highest BCUT2D eigenvalue weighted by Gasteiger charge is 2.25. The highest BCUT2D eigenvalue weighted by atomic mass is 16.2. The summed E-state index contributed by atoms with van der Waals surface area (Å²) in [6.07, 6.45) is 0. The van der Waals surface area contributed by atoms with E-state index in [-0.39, 0.29) is 17.0 Å². The maximum atomic E-state index is 13.1. The number of aryl methyl sites for hydroxylation is 1. The van der Waals surface area contributed by atoms with Gasteiger partial charge in [-0.05, 0) is 36.1 Å². The molecule has 1 saturated heterocycles. The van der Waals surface area contributed by atoms with Crippen LogP contribution in [0.1, 0.15) is 47.1 Å². The van der Waals surface area contributed by atoms with E-state index in [1.165, 1.54) is 17.2 Å². The van der Waals surface area contributed by atoms with Gasteiger partial charge in [-0.1, -0.05) is 56.3 Å². The van der Waals surface area contributed by atoms with Crippen LogP contribution in [0, 0.1) is 6.92 Å². The molecule has 1 aliphatic rings. The number of para-hydroxylation sites is 1. The number of hydrogen-bond acceptors (Lipinski definition) is 4. The van der Waals surface area contributed by atoms with Crippen LogP contribution in [0.4, 0.5) is 0 Å². The summed E-state index contributed by atoms with van der Waals surface area (Å²) in [7, 11) is 0. The standard InChI is InChI=1S/C26H30N4O2/c1-19(2)22-11-9-21(10-12-22)18-28-13-15-29(16-14-28)26(32)25-24(31)17-20(3)30(27-25)23-7-5-4-6-8-23/h4-12,17,19H,13-16,18H2,1-3H3. The molecule has 0 spiro atoms. The summed E-state index contributed by atoms with van der Waals surface area (Å²) >= 11 is 0. The van der Waals surface area contributed by atoms with Gasteiger partial charge >= 0.3 is 0 Å². The van der Waals surface area contributed by atoms with Gasteiger partial charge in [0.05, 0.1) is 5.69 Å². The van der Waals surface area contributed by atoms with Crippen LogP contribution in [-0.2, 0) is 6.54 Å². The summed E-state index contributed by atoms with van der Waals surface area (Å²) in [5, 5.41) is 4.43. The molecule has 0 bridgehead atoms. The summed E-state index contributed by atoms with van der Waals surface area (Å²) < 4.78 is 1.66. The second-order valence-corrected chi connectivity index (χ2v) is 8.71. The maximum Gasteiger partial charge on any atom is 0.278 e. The first-order valence-corrected chi connectivity index (χ1v) is 11.2. The zero-order valence-electron chi connectivity index (χ0n) is 19.0. The zero-order valence-corrected chi connectivity index (χ0v) is 19.0. The van der Waals surface area contributed by atoms with E-state index in [1.807, 2.05) is 37.3 Å². The molecule has 1 aromatic heterocycles. The number of amides is 1. The molecule has 1 aliphatic heterocycles. The molecular formula is C26H30N4O2. The van der Waals surface area contributed by atoms with Crippen molar-refractivity contribution in [2.24, 2.45) is 0 Å². The van der Waals surface area contributed by atoms with Crippen molar-refractivity contribution in [1.29, 1.82) is 0 Å². The minimum atomic E-state index is -0.327. The number of piperazine rings is 1. The number of hydrogen-bond donors (Lipinski definition) is 0. The Morgan fingerprint density at radius 2 is 1.62 bits per heavy atom. The Bertz CT molecular complexity index is 1130. The molecule has 2 aromatic carbocycles. The third-order valence-electron chi connectivity index (χ3n) is 6.02. The lowest BCUT2D eigenvalue weighted by Crippen LogP contribution is -2.49. The van der Waals surface area contributed by atoms with E-state index >= 15 is 0 Å². The maximum absolute atomic E-state index is 13.1. The van der Waals surface area contributed by atoms with Crippen molar-refractivity contribution < 1.29 is 4.79 Å². The van der Waals surface area contributed by atoms with Crippen molar-refractivity contribution in [3.63, 3.8) is 0 Å². The summed E-state index contributed by atoms with van der Waals surface area (Å²) in [5.74, 6) is 0.237. The normalized spacial score (nSPS) is 14.7. The molecule has 6 heteroatoms. The van der Waals surface area contributed by atoms with Gasteiger partial charge in [0.25, 0.3) is 5.91 Å². The van der Waals surface area contributed by atoms with Crippen LogP contribution in [0.15, 0.2) is 65.5 Å². The molecule has 2 heterocycles. The van der Waals surface area contributed by atoms with Gasteiger partial charge in [0.15, 0.2) is 5.69 Å². The zero-order chi connectivity index (χ0) is 22.7. The first kappa shape index (κ1) is 22.0. The molecule has 166 valence electrons. The minimum Gasteiger partial charge on any atom is -0.335 e. The highest BCUT2D eigenvalue weighted by Crippen LogP contribution is 2.17. The molecule has 4 rings (SSSR count). The lowest BCUT2D eigenvalue weighted by molar-refractivity contribution is 0.0619. The Labute approximate surface area is 189 Å². The van der Waals surface area contributed by atoms with Gasteiger partial charge in [0, 0.05) is 44.5 Å². The Kier molecular flexibility index (Phi) is 6.51. The lowest BCUT2D eigenvalue weighted by Gasteiger charge is -2.34. The van der Waals surface area contributed by atoms with Crippen molar-refractivity contribution in [3.05, 3.63) is 93.4 Å². The predicted molar refractivity (Wildman–Crippen MR) is 126 cm³/mol. The van der Waals surface area contributed by atoms with Crippen LogP contribution < -0.4 is 5.43 Å². The van der Waals surface area contributed by atoms with E-state index in [1.54, 1.807) is 9.58 Å². The molecule has 3 aromatic rings. The Morgan fingerprint density at radius 3 is 2.25 bits per heavy atom. The molecule has 0 atom stereocenters. The van der Waals surface area contributed by atoms with Gasteiger partial charge in [-0.25, -0.2) is 4.68 Å². The number of rotatable bonds is 5. The molecule has 6 nitrogen and oxygen atoms in total. The molecular weight excluding hydrogens is 400 g/mol. The molecule has 1 fully saturated rings. The summed E-state index contributed by atoms with van der Waals surface area (Å²) in [6, 6.07) is 19.8. The number of aromatic nitrogens is 2. The van der Waals surface area contributed by atoms with E-state index in [2.05, 4.69) is 48.1 Å². The highest BCUT2D eigenvalue weighted by molar-refractivity contribution is 5.92. The Hall–Kier alpha value is -3.25. The largest absolute Gasteiger partial charge is 0.335 e. The number of carbonyl (C=O) groups is 1. The first-order chi connectivity index (χ1) is 15.4. The summed E-state index contributed by atoms with van der Waals surface area (Å²) in [6.45, 7) is 9.80. The van der Waals surface area contributed by atoms with Gasteiger partial charge < -0.3 is 4.90 Å². The monoisotopic (exact) mass is 430 g/mol.